The molecule has 6 heteroatoms. The zero-order valence-electron chi connectivity index (χ0n) is 18.2. The summed E-state index contributed by atoms with van der Waals surface area (Å²) in [6.45, 7) is 4.50. The number of rotatable bonds is 9. The van der Waals surface area contributed by atoms with Gasteiger partial charge in [0, 0.05) is 0 Å². The second-order valence-corrected chi connectivity index (χ2v) is 7.96. The van der Waals surface area contributed by atoms with Gasteiger partial charge in [-0.2, -0.15) is 18.4 Å². The molecule has 0 heterocycles. The third-order valence-electron chi connectivity index (χ3n) is 5.68. The third-order valence-corrected chi connectivity index (χ3v) is 5.68. The summed E-state index contributed by atoms with van der Waals surface area (Å²) in [5, 5.41) is 9.23. The number of nitriles is 1. The van der Waals surface area contributed by atoms with E-state index < -0.39 is 17.7 Å². The number of hydrogen-bond donors (Lipinski definition) is 0. The van der Waals surface area contributed by atoms with Gasteiger partial charge in [-0.25, -0.2) is 4.79 Å². The monoisotopic (exact) mass is 433 g/mol. The summed E-state index contributed by atoms with van der Waals surface area (Å²) in [4.78, 5) is 12.7. The van der Waals surface area contributed by atoms with Crippen molar-refractivity contribution in [1.82, 2.24) is 0 Å². The van der Waals surface area contributed by atoms with E-state index in [1.165, 1.54) is 6.07 Å². The molecule has 1 atom stereocenters. The first-order chi connectivity index (χ1) is 14.8. The quantitative estimate of drug-likeness (QED) is 0.305. The van der Waals surface area contributed by atoms with E-state index in [0.29, 0.717) is 48.5 Å². The number of nitrogens with zero attached hydrogens (tertiary/aromatic N) is 1. The minimum Gasteiger partial charge on any atom is -0.462 e. The van der Waals surface area contributed by atoms with E-state index in [1.54, 1.807) is 12.1 Å². The van der Waals surface area contributed by atoms with Crippen LogP contribution in [0.5, 0.6) is 0 Å². The molecule has 31 heavy (non-hydrogen) atoms. The molecule has 168 valence electrons. The van der Waals surface area contributed by atoms with Crippen molar-refractivity contribution in [1.29, 1.82) is 5.26 Å². The van der Waals surface area contributed by atoms with E-state index in [2.05, 4.69) is 13.8 Å². The first-order valence-corrected chi connectivity index (χ1v) is 10.9. The van der Waals surface area contributed by atoms with Crippen molar-refractivity contribution < 1.29 is 22.7 Å². The van der Waals surface area contributed by atoms with Crippen LogP contribution in [0.1, 0.15) is 76.3 Å². The predicted molar refractivity (Wildman–Crippen MR) is 115 cm³/mol. The highest BCUT2D eigenvalue weighted by molar-refractivity contribution is 5.91. The molecule has 3 nitrogen and oxygen atoms in total. The Morgan fingerprint density at radius 1 is 1.26 bits per heavy atom. The molecule has 2 rings (SSSR count). The highest BCUT2D eigenvalue weighted by atomic mass is 19.4. The van der Waals surface area contributed by atoms with Crippen LogP contribution in [0, 0.1) is 17.2 Å². The van der Waals surface area contributed by atoms with Crippen molar-refractivity contribution in [3.05, 3.63) is 52.6 Å². The van der Waals surface area contributed by atoms with Gasteiger partial charge in [-0.1, -0.05) is 51.3 Å². The zero-order valence-corrected chi connectivity index (χ0v) is 18.2. The third kappa shape index (κ3) is 7.27. The molecule has 1 unspecified atom stereocenters. The number of benzene rings is 1. The van der Waals surface area contributed by atoms with Gasteiger partial charge < -0.3 is 4.74 Å². The second-order valence-electron chi connectivity index (χ2n) is 7.96. The van der Waals surface area contributed by atoms with Crippen molar-refractivity contribution in [3.63, 3.8) is 0 Å². The van der Waals surface area contributed by atoms with Crippen LogP contribution in [0.2, 0.25) is 0 Å². The van der Waals surface area contributed by atoms with Crippen molar-refractivity contribution in [2.45, 2.75) is 71.4 Å². The summed E-state index contributed by atoms with van der Waals surface area (Å²) < 4.78 is 44.8. The standard InChI is InChI=1S/C25H30F3NO2/c1-3-5-8-18(4-2)17-31-24(30)23(13-14-29)21-11-6-9-19(15-21)20-10-7-12-22(16-20)25(26,27)28/h7,10,12,15-16,18H,3-6,8-9,11,13,17H2,1-2H3. The van der Waals surface area contributed by atoms with E-state index in [1.807, 2.05) is 6.07 Å². The fourth-order valence-electron chi connectivity index (χ4n) is 3.76. The summed E-state index contributed by atoms with van der Waals surface area (Å²) >= 11 is 0. The largest absolute Gasteiger partial charge is 0.462 e. The number of carbonyl (C=O) groups excluding carboxylic acids is 1. The maximum Gasteiger partial charge on any atom is 0.416 e. The van der Waals surface area contributed by atoms with Crippen LogP contribution in [-0.4, -0.2) is 12.6 Å². The number of esters is 1. The Labute approximate surface area is 182 Å². The number of ether oxygens (including phenoxy) is 1. The number of alkyl halides is 3. The normalized spacial score (nSPS) is 16.8. The van der Waals surface area contributed by atoms with Crippen LogP contribution in [-0.2, 0) is 15.7 Å². The summed E-state index contributed by atoms with van der Waals surface area (Å²) in [7, 11) is 0. The molecule has 0 radical (unpaired) electrons. The van der Waals surface area contributed by atoms with Gasteiger partial charge in [0.1, 0.15) is 0 Å². The lowest BCUT2D eigenvalue weighted by Gasteiger charge is -2.20. The smallest absolute Gasteiger partial charge is 0.416 e. The summed E-state index contributed by atoms with van der Waals surface area (Å²) in [5.74, 6) is -0.201. The Morgan fingerprint density at radius 3 is 2.68 bits per heavy atom. The van der Waals surface area contributed by atoms with Gasteiger partial charge in [0.05, 0.1) is 30.2 Å². The first kappa shape index (κ1) is 24.7. The number of unbranched alkanes of at least 4 members (excludes halogenated alkanes) is 1. The molecular weight excluding hydrogens is 403 g/mol. The molecule has 0 amide bonds. The Hall–Kier alpha value is -2.55. The number of allylic oxidation sites excluding steroid dienone is 3. The molecule has 1 aliphatic rings. The van der Waals surface area contributed by atoms with E-state index in [9.17, 15) is 23.2 Å². The van der Waals surface area contributed by atoms with Crippen LogP contribution in [0.25, 0.3) is 5.57 Å². The Balaban J connectivity index is 2.27. The number of carbonyl (C=O) groups is 1. The highest BCUT2D eigenvalue weighted by Crippen LogP contribution is 2.35. The molecule has 1 aliphatic carbocycles. The summed E-state index contributed by atoms with van der Waals surface area (Å²) in [6.07, 6.45) is 3.26. The lowest BCUT2D eigenvalue weighted by atomic mass is 9.87. The number of hydrogen-bond acceptors (Lipinski definition) is 3. The average molecular weight is 434 g/mol. The molecule has 1 aromatic rings. The molecule has 0 N–H and O–H groups in total. The molecule has 0 aliphatic heterocycles. The Kier molecular flexibility index (Phi) is 9.36. The van der Waals surface area contributed by atoms with Gasteiger partial charge >= 0.3 is 12.1 Å². The van der Waals surface area contributed by atoms with Gasteiger partial charge in [-0.05, 0) is 60.4 Å². The van der Waals surface area contributed by atoms with Gasteiger partial charge in [0.15, 0.2) is 0 Å². The van der Waals surface area contributed by atoms with Crippen LogP contribution in [0.15, 0.2) is 41.5 Å². The molecule has 1 aromatic carbocycles. The summed E-state index contributed by atoms with van der Waals surface area (Å²) in [6, 6.07) is 7.25. The minimum absolute atomic E-state index is 0.0771. The molecule has 0 fully saturated rings. The van der Waals surface area contributed by atoms with Crippen molar-refractivity contribution in [3.8, 4) is 6.07 Å². The Morgan fingerprint density at radius 2 is 2.03 bits per heavy atom. The van der Waals surface area contributed by atoms with Gasteiger partial charge in [0.2, 0.25) is 0 Å². The van der Waals surface area contributed by atoms with E-state index in [4.69, 9.17) is 4.74 Å². The second kappa shape index (κ2) is 11.7. The predicted octanol–water partition coefficient (Wildman–Crippen LogP) is 7.24. The fourth-order valence-corrected chi connectivity index (χ4v) is 3.76. The van der Waals surface area contributed by atoms with Gasteiger partial charge in [-0.3, -0.25) is 0 Å². The maximum atomic E-state index is 13.1. The van der Waals surface area contributed by atoms with Crippen LogP contribution in [0.4, 0.5) is 13.2 Å². The molecular formula is C25H30F3NO2. The molecule has 0 bridgehead atoms. The van der Waals surface area contributed by atoms with Crippen LogP contribution in [0.3, 0.4) is 0 Å². The topological polar surface area (TPSA) is 50.1 Å². The van der Waals surface area contributed by atoms with Crippen LogP contribution < -0.4 is 0 Å². The molecule has 0 aromatic heterocycles. The SMILES string of the molecule is CCCCC(CC)COC(=O)C(CC#N)=C1C=C(c2cccc(C(F)(F)F)c2)CCC1. The van der Waals surface area contributed by atoms with Crippen molar-refractivity contribution >= 4 is 11.5 Å². The van der Waals surface area contributed by atoms with Crippen molar-refractivity contribution in [2.24, 2.45) is 5.92 Å². The van der Waals surface area contributed by atoms with Crippen molar-refractivity contribution in [2.75, 3.05) is 6.61 Å². The molecule has 0 spiro atoms. The van der Waals surface area contributed by atoms with Gasteiger partial charge in [0.25, 0.3) is 0 Å². The lowest BCUT2D eigenvalue weighted by molar-refractivity contribution is -0.140. The Bertz CT molecular complexity index is 862. The average Bonchev–Trinajstić information content (AvgIpc) is 2.77. The molecule has 0 saturated heterocycles. The zero-order chi connectivity index (χ0) is 22.9. The van der Waals surface area contributed by atoms with E-state index in [-0.39, 0.29) is 6.42 Å². The number of halogens is 3. The van der Waals surface area contributed by atoms with E-state index in [0.717, 1.165) is 43.4 Å². The molecule has 0 saturated carbocycles. The summed E-state index contributed by atoms with van der Waals surface area (Å²) in [5.41, 5.74) is 1.53. The first-order valence-electron chi connectivity index (χ1n) is 10.9. The lowest BCUT2D eigenvalue weighted by Crippen LogP contribution is -2.17. The maximum absolute atomic E-state index is 13.1. The van der Waals surface area contributed by atoms with Crippen LogP contribution >= 0.6 is 0 Å². The van der Waals surface area contributed by atoms with E-state index >= 15 is 0 Å². The van der Waals surface area contributed by atoms with Gasteiger partial charge in [-0.15, -0.1) is 0 Å². The highest BCUT2D eigenvalue weighted by Gasteiger charge is 2.30. The fraction of sp³-hybridized carbons (Fsp3) is 0.520. The minimum atomic E-state index is -4.41.